The zero-order valence-electron chi connectivity index (χ0n) is 10.4. The lowest BCUT2D eigenvalue weighted by Crippen LogP contribution is -2.18. The Labute approximate surface area is 129 Å². The summed E-state index contributed by atoms with van der Waals surface area (Å²) >= 11 is 6.66. The van der Waals surface area contributed by atoms with Gasteiger partial charge in [-0.15, -0.1) is 0 Å². The molecule has 1 atom stereocenters. The zero-order chi connectivity index (χ0) is 13.8. The van der Waals surface area contributed by atoms with Crippen LogP contribution in [0.1, 0.15) is 24.2 Å². The number of halogens is 2. The van der Waals surface area contributed by atoms with E-state index in [4.69, 9.17) is 0 Å². The summed E-state index contributed by atoms with van der Waals surface area (Å²) in [5.74, 6) is 0.224. The van der Waals surface area contributed by atoms with E-state index in [0.29, 0.717) is 15.5 Å². The maximum Gasteiger partial charge on any atom is 0.143 e. The molecule has 1 aromatic carbocycles. The highest BCUT2D eigenvalue weighted by atomic mass is 79.9. The highest BCUT2D eigenvalue weighted by Gasteiger charge is 2.08. The van der Waals surface area contributed by atoms with Crippen molar-refractivity contribution in [1.82, 2.24) is 10.3 Å². The fraction of sp³-hybridized carbons (Fsp3) is 0.214. The molecule has 3 nitrogen and oxygen atoms in total. The van der Waals surface area contributed by atoms with Gasteiger partial charge in [-0.25, -0.2) is 0 Å². The smallest absolute Gasteiger partial charge is 0.143 e. The first-order chi connectivity index (χ1) is 9.08. The van der Waals surface area contributed by atoms with Crippen LogP contribution in [0.25, 0.3) is 0 Å². The molecule has 0 amide bonds. The van der Waals surface area contributed by atoms with Crippen LogP contribution in [0.2, 0.25) is 0 Å². The van der Waals surface area contributed by atoms with E-state index in [9.17, 15) is 5.11 Å². The Kier molecular flexibility index (Phi) is 4.96. The van der Waals surface area contributed by atoms with Crippen LogP contribution in [0.15, 0.2) is 45.5 Å². The quantitative estimate of drug-likeness (QED) is 0.830. The molecule has 2 N–H and O–H groups in total. The van der Waals surface area contributed by atoms with Gasteiger partial charge in [0.05, 0.1) is 14.6 Å². The minimum absolute atomic E-state index is 0.174. The fourth-order valence-corrected chi connectivity index (χ4v) is 3.01. The Morgan fingerprint density at radius 2 is 1.95 bits per heavy atom. The summed E-state index contributed by atoms with van der Waals surface area (Å²) in [7, 11) is 0. The van der Waals surface area contributed by atoms with Gasteiger partial charge >= 0.3 is 0 Å². The molecule has 0 radical (unpaired) electrons. The molecule has 0 saturated carbocycles. The van der Waals surface area contributed by atoms with E-state index in [-0.39, 0.29) is 11.8 Å². The van der Waals surface area contributed by atoms with Gasteiger partial charge in [0.15, 0.2) is 0 Å². The number of hydrogen-bond acceptors (Lipinski definition) is 3. The van der Waals surface area contributed by atoms with Gasteiger partial charge in [0, 0.05) is 18.8 Å². The summed E-state index contributed by atoms with van der Waals surface area (Å²) < 4.78 is 1.37. The van der Waals surface area contributed by atoms with Crippen LogP contribution in [0.3, 0.4) is 0 Å². The van der Waals surface area contributed by atoms with E-state index >= 15 is 0 Å². The van der Waals surface area contributed by atoms with Gasteiger partial charge in [0.1, 0.15) is 5.75 Å². The molecule has 0 bridgehead atoms. The predicted octanol–water partition coefficient (Wildman–Crippen LogP) is 4.16. The molecule has 100 valence electrons. The Bertz CT molecular complexity index is 538. The first-order valence-corrected chi connectivity index (χ1v) is 7.47. The number of pyridine rings is 1. The van der Waals surface area contributed by atoms with E-state index < -0.39 is 0 Å². The summed E-state index contributed by atoms with van der Waals surface area (Å²) in [4.78, 5) is 4.32. The summed E-state index contributed by atoms with van der Waals surface area (Å²) in [5.41, 5.74) is 2.10. The van der Waals surface area contributed by atoms with Crippen LogP contribution >= 0.6 is 31.9 Å². The van der Waals surface area contributed by atoms with Gasteiger partial charge < -0.3 is 10.4 Å². The van der Waals surface area contributed by atoms with Crippen LogP contribution in [0.5, 0.6) is 5.75 Å². The molecular weight excluding hydrogens is 372 g/mol. The summed E-state index contributed by atoms with van der Waals surface area (Å²) in [5, 5.41) is 13.1. The molecule has 0 saturated heterocycles. The van der Waals surface area contributed by atoms with E-state index in [0.717, 1.165) is 11.3 Å². The number of nitrogens with zero attached hydrogens (tertiary/aromatic N) is 1. The predicted molar refractivity (Wildman–Crippen MR) is 83.0 cm³/mol. The Hall–Kier alpha value is -0.910. The Balaban J connectivity index is 2.03. The molecular formula is C14H14Br2N2O. The second-order valence-corrected chi connectivity index (χ2v) is 5.97. The summed E-state index contributed by atoms with van der Waals surface area (Å²) in [6.07, 6.45) is 1.79. The zero-order valence-corrected chi connectivity index (χ0v) is 13.6. The molecule has 2 rings (SSSR count). The number of hydrogen-bond donors (Lipinski definition) is 2. The lowest BCUT2D eigenvalue weighted by molar-refractivity contribution is 0.467. The maximum absolute atomic E-state index is 9.66. The van der Waals surface area contributed by atoms with Crippen molar-refractivity contribution >= 4 is 31.9 Å². The van der Waals surface area contributed by atoms with Crippen LogP contribution in [0.4, 0.5) is 0 Å². The molecule has 0 spiro atoms. The molecule has 2 aromatic rings. The second kappa shape index (κ2) is 6.50. The largest absolute Gasteiger partial charge is 0.506 e. The number of phenols is 1. The van der Waals surface area contributed by atoms with Gasteiger partial charge in [0.25, 0.3) is 0 Å². The lowest BCUT2D eigenvalue weighted by atomic mass is 10.1. The maximum atomic E-state index is 9.66. The molecule has 1 aromatic heterocycles. The molecule has 0 aliphatic carbocycles. The van der Waals surface area contributed by atoms with Gasteiger partial charge in [-0.1, -0.05) is 6.07 Å². The number of benzene rings is 1. The van der Waals surface area contributed by atoms with Crippen molar-refractivity contribution in [3.05, 3.63) is 56.7 Å². The van der Waals surface area contributed by atoms with E-state index in [2.05, 4.69) is 49.1 Å². The number of aromatic hydroxyl groups is 1. The van der Waals surface area contributed by atoms with Crippen molar-refractivity contribution in [2.75, 3.05) is 0 Å². The van der Waals surface area contributed by atoms with E-state index in [1.54, 1.807) is 6.20 Å². The number of nitrogens with one attached hydrogen (secondary N) is 1. The van der Waals surface area contributed by atoms with Crippen LogP contribution in [-0.2, 0) is 6.54 Å². The van der Waals surface area contributed by atoms with E-state index in [1.807, 2.05) is 30.3 Å². The van der Waals surface area contributed by atoms with Crippen molar-refractivity contribution in [3.8, 4) is 5.75 Å². The van der Waals surface area contributed by atoms with Gasteiger partial charge in [-0.2, -0.15) is 0 Å². The average Bonchev–Trinajstić information content (AvgIpc) is 2.43. The molecule has 19 heavy (non-hydrogen) atoms. The normalized spacial score (nSPS) is 12.4. The minimum Gasteiger partial charge on any atom is -0.506 e. The number of rotatable bonds is 4. The average molecular weight is 386 g/mol. The van der Waals surface area contributed by atoms with E-state index in [1.165, 1.54) is 0 Å². The fourth-order valence-electron chi connectivity index (χ4n) is 1.73. The van der Waals surface area contributed by atoms with Crippen LogP contribution in [-0.4, -0.2) is 10.1 Å². The molecule has 0 aliphatic heterocycles. The van der Waals surface area contributed by atoms with Crippen LogP contribution < -0.4 is 5.32 Å². The molecule has 5 heteroatoms. The Morgan fingerprint density at radius 1 is 1.26 bits per heavy atom. The number of aromatic nitrogens is 1. The van der Waals surface area contributed by atoms with Crippen molar-refractivity contribution in [2.24, 2.45) is 0 Å². The first-order valence-electron chi connectivity index (χ1n) is 5.89. The molecule has 1 heterocycles. The van der Waals surface area contributed by atoms with Gasteiger partial charge in [-0.05, 0) is 68.6 Å². The van der Waals surface area contributed by atoms with Gasteiger partial charge in [-0.3, -0.25) is 4.98 Å². The van der Waals surface area contributed by atoms with Crippen molar-refractivity contribution in [3.63, 3.8) is 0 Å². The SMILES string of the molecule is C[C@H](NCc1cc(Br)c(O)c(Br)c1)c1ccccn1. The third kappa shape index (κ3) is 3.78. The summed E-state index contributed by atoms with van der Waals surface area (Å²) in [6.45, 7) is 2.78. The third-order valence-corrected chi connectivity index (χ3v) is 4.03. The number of phenolic OH excluding ortho intramolecular Hbond substituents is 1. The lowest BCUT2D eigenvalue weighted by Gasteiger charge is -2.14. The standard InChI is InChI=1S/C14H14Br2N2O/c1-9(13-4-2-3-5-17-13)18-8-10-6-11(15)14(19)12(16)7-10/h2-7,9,18-19H,8H2,1H3/t9-/m0/s1. The third-order valence-electron chi connectivity index (χ3n) is 2.82. The minimum atomic E-state index is 0.174. The van der Waals surface area contributed by atoms with Crippen molar-refractivity contribution < 1.29 is 5.11 Å². The molecule has 0 aliphatic rings. The van der Waals surface area contributed by atoms with Gasteiger partial charge in [0.2, 0.25) is 0 Å². The molecule has 0 fully saturated rings. The topological polar surface area (TPSA) is 45.1 Å². The highest BCUT2D eigenvalue weighted by Crippen LogP contribution is 2.33. The Morgan fingerprint density at radius 3 is 2.53 bits per heavy atom. The van der Waals surface area contributed by atoms with Crippen LogP contribution in [0, 0.1) is 0 Å². The van der Waals surface area contributed by atoms with Crippen molar-refractivity contribution in [2.45, 2.75) is 19.5 Å². The highest BCUT2D eigenvalue weighted by molar-refractivity contribution is 9.11. The molecule has 0 unspecified atom stereocenters. The monoisotopic (exact) mass is 384 g/mol. The summed E-state index contributed by atoms with van der Waals surface area (Å²) in [6, 6.07) is 9.86. The first kappa shape index (κ1) is 14.5. The van der Waals surface area contributed by atoms with Crippen molar-refractivity contribution in [1.29, 1.82) is 0 Å². The second-order valence-electron chi connectivity index (χ2n) is 4.27.